The van der Waals surface area contributed by atoms with Gasteiger partial charge in [0.25, 0.3) is 21.9 Å². The Balaban J connectivity index is 0.000000246. The Kier molecular flexibility index (Phi) is 20.2. The first-order valence-electron chi connectivity index (χ1n) is 23.2. The molecule has 4 N–H and O–H groups in total. The van der Waals surface area contributed by atoms with E-state index in [-0.39, 0.29) is 111 Å². The second kappa shape index (κ2) is 26.1. The Morgan fingerprint density at radius 1 is 0.571 bits per heavy atom. The molecule has 0 radical (unpaired) electrons. The second-order valence-electron chi connectivity index (χ2n) is 16.3. The predicted molar refractivity (Wildman–Crippen MR) is 294 cm³/mol. The Hall–Kier alpha value is -6.72. The number of benzene rings is 8. The summed E-state index contributed by atoms with van der Waals surface area (Å²) in [5, 5.41) is 48.8. The summed E-state index contributed by atoms with van der Waals surface area (Å²) in [6.45, 7) is 8.06. The molecule has 23 heteroatoms. The number of fused-ring (bicyclic) bond motifs is 2. The first kappa shape index (κ1) is 59.5. The molecule has 0 saturated heterocycles. The van der Waals surface area contributed by atoms with Crippen molar-refractivity contribution in [1.29, 1.82) is 0 Å². The number of nitrogens with one attached hydrogen (secondary N) is 2. The molecule has 77 heavy (non-hydrogen) atoms. The van der Waals surface area contributed by atoms with E-state index in [1.807, 2.05) is 13.8 Å². The molecule has 8 aromatic rings. The number of carbonyl (C=O) groups is 2. The van der Waals surface area contributed by atoms with E-state index in [1.165, 1.54) is 30.3 Å². The average molecular weight is 1150 g/mol. The van der Waals surface area contributed by atoms with Crippen LogP contribution in [-0.2, 0) is 33.1 Å². The molecule has 0 fully saturated rings. The van der Waals surface area contributed by atoms with Crippen LogP contribution in [0.25, 0.3) is 21.5 Å². The van der Waals surface area contributed by atoms with E-state index in [2.05, 4.69) is 31.1 Å². The minimum Gasteiger partial charge on any atom is -0.870 e. The van der Waals surface area contributed by atoms with Gasteiger partial charge in [-0.05, 0) is 128 Å². The first-order valence-corrected chi connectivity index (χ1v) is 26.8. The molecule has 0 atom stereocenters. The maximum atomic E-state index is 13.4. The van der Waals surface area contributed by atoms with Crippen LogP contribution < -0.4 is 25.2 Å². The van der Waals surface area contributed by atoms with Gasteiger partial charge in [0.15, 0.2) is 5.75 Å². The van der Waals surface area contributed by atoms with E-state index in [0.29, 0.717) is 57.6 Å². The van der Waals surface area contributed by atoms with E-state index in [0.717, 1.165) is 6.07 Å². The summed E-state index contributed by atoms with van der Waals surface area (Å²) in [7, 11) is -9.33. The average Bonchev–Trinajstić information content (AvgIpc) is 3.39. The number of phenolic OH excluding ortho intramolecular Hbond substituents is 1. The van der Waals surface area contributed by atoms with Gasteiger partial charge in [-0.15, -0.1) is 15.3 Å². The van der Waals surface area contributed by atoms with Crippen LogP contribution in [0.4, 0.5) is 34.1 Å². The third-order valence-electron chi connectivity index (χ3n) is 11.4. The number of azo groups is 2. The largest absolute Gasteiger partial charge is 2.00 e. The minimum atomic E-state index is -4.80. The van der Waals surface area contributed by atoms with Gasteiger partial charge in [0.2, 0.25) is 0 Å². The van der Waals surface area contributed by atoms with Crippen LogP contribution in [0.3, 0.4) is 0 Å². The van der Waals surface area contributed by atoms with Gasteiger partial charge in [-0.2, -0.15) is 13.5 Å². The quantitative estimate of drug-likeness (QED) is 0.0399. The summed E-state index contributed by atoms with van der Waals surface area (Å²) < 4.78 is 79.3. The molecule has 8 aromatic carbocycles. The fraction of sp³-hybridized carbons (Fsp3) is 0.148. The van der Waals surface area contributed by atoms with Gasteiger partial charge in [-0.3, -0.25) is 14.1 Å². The number of carbonyl (C=O) groups excluding carboxylic acids is 2. The van der Waals surface area contributed by atoms with Gasteiger partial charge in [-0.25, -0.2) is 8.42 Å². The van der Waals surface area contributed by atoms with Crippen molar-refractivity contribution in [1.82, 2.24) is 0 Å². The second-order valence-corrected chi connectivity index (χ2v) is 19.8. The first-order chi connectivity index (χ1) is 36.3. The van der Waals surface area contributed by atoms with Crippen LogP contribution >= 0.6 is 23.2 Å². The fourth-order valence-electron chi connectivity index (χ4n) is 7.92. The molecular formula is C54H46CaCl2N6O12S2. The number of amides is 2. The number of hydrogen-bond acceptors (Lipinski definition) is 15. The molecule has 2 amide bonds. The number of nitrogens with zero attached hydrogens (tertiary/aromatic N) is 4. The molecule has 0 aromatic heterocycles. The van der Waals surface area contributed by atoms with Gasteiger partial charge >= 0.3 is 37.7 Å². The number of rotatable bonds is 16. The summed E-state index contributed by atoms with van der Waals surface area (Å²) in [6.07, 6.45) is 0.308. The molecule has 0 aliphatic rings. The molecule has 0 heterocycles. The van der Waals surface area contributed by atoms with E-state index >= 15 is 0 Å². The van der Waals surface area contributed by atoms with Crippen LogP contribution in [0.2, 0.25) is 10.0 Å². The van der Waals surface area contributed by atoms with Gasteiger partial charge in [-0.1, -0.05) is 91.3 Å². The van der Waals surface area contributed by atoms with Crippen LogP contribution in [0.1, 0.15) is 59.5 Å². The summed E-state index contributed by atoms with van der Waals surface area (Å²) in [5.41, 5.74) is 0.845. The van der Waals surface area contributed by atoms with Crippen LogP contribution in [0.5, 0.6) is 23.0 Å². The summed E-state index contributed by atoms with van der Waals surface area (Å²) in [5.74, 6) is -1.02. The standard InChI is InChI=1S/2C27H24ClN3O6S.Ca/c2*1-3-19-23(38(34,35)36)14-13-22(28)24(19)30-31-25-20-8-6-5-7-16(20)15-21(26(25)32)27(33)29-17-9-11-18(12-10-17)37-4-2;/h2*5-15,32H,3-4H2,1-2H3,(H,29,33)(H,34,35,36);/q;;+2/p-2. The Labute approximate surface area is 483 Å². The zero-order chi connectivity index (χ0) is 54.9. The molecule has 0 unspecified atom stereocenters. The summed E-state index contributed by atoms with van der Waals surface area (Å²) in [6, 6.07) is 35.1. The topological polar surface area (TPSA) is 281 Å². The zero-order valence-electron chi connectivity index (χ0n) is 41.6. The van der Waals surface area contributed by atoms with E-state index < -0.39 is 48.4 Å². The molecule has 0 bridgehead atoms. The maximum Gasteiger partial charge on any atom is 2.00 e. The third kappa shape index (κ3) is 14.1. The fourth-order valence-corrected chi connectivity index (χ4v) is 9.92. The van der Waals surface area contributed by atoms with Gasteiger partial charge in [0.1, 0.15) is 38.7 Å². The van der Waals surface area contributed by atoms with Crippen molar-refractivity contribution >= 4 is 149 Å². The van der Waals surface area contributed by atoms with E-state index in [1.54, 1.807) is 111 Å². The van der Waals surface area contributed by atoms with Gasteiger partial charge in [0, 0.05) is 33.3 Å². The Bertz CT molecular complexity index is 3560. The third-order valence-corrected chi connectivity index (χ3v) is 13.9. The van der Waals surface area contributed by atoms with Crippen molar-refractivity contribution in [2.75, 3.05) is 23.8 Å². The minimum absolute atomic E-state index is 0. The van der Waals surface area contributed by atoms with E-state index in [9.17, 15) is 45.7 Å². The number of anilines is 2. The van der Waals surface area contributed by atoms with Crippen LogP contribution in [0.15, 0.2) is 164 Å². The van der Waals surface area contributed by atoms with Crippen molar-refractivity contribution in [3.63, 3.8) is 0 Å². The number of aromatic hydroxyl groups is 1. The molecule has 8 rings (SSSR count). The maximum absolute atomic E-state index is 13.4. The zero-order valence-corrected chi connectivity index (χ0v) is 46.9. The number of hydrogen-bond donors (Lipinski definition) is 4. The van der Waals surface area contributed by atoms with Crippen molar-refractivity contribution in [3.8, 4) is 23.0 Å². The smallest absolute Gasteiger partial charge is 0.870 e. The SMILES string of the molecule is CCOc1ccc(NC(=O)c2cc3ccccc3c(N=Nc3c(Cl)ccc(S(=O)(=O)O)c3CC)c2O)cc1.CCOc1ccc(NC(=O)c2cc3ccccc3c(N=Nc3c(Cl)ccc(S(=O)(=O)[O-])c3CC)c2[O-])cc1.[Ca+2]. The Morgan fingerprint density at radius 2 is 0.974 bits per heavy atom. The molecule has 0 aliphatic heterocycles. The molecule has 0 saturated carbocycles. The van der Waals surface area contributed by atoms with Gasteiger partial charge in [0.05, 0.1) is 44.3 Å². The van der Waals surface area contributed by atoms with Gasteiger partial charge < -0.3 is 34.9 Å². The molecule has 0 spiro atoms. The predicted octanol–water partition coefficient (Wildman–Crippen LogP) is 12.8. The van der Waals surface area contributed by atoms with E-state index in [4.69, 9.17) is 32.7 Å². The Morgan fingerprint density at radius 3 is 1.43 bits per heavy atom. The normalized spacial score (nSPS) is 11.5. The van der Waals surface area contributed by atoms with Crippen molar-refractivity contribution in [2.45, 2.75) is 50.3 Å². The number of halogens is 2. The number of ether oxygens (including phenoxy) is 2. The molecular weight excluding hydrogens is 1100 g/mol. The van der Waals surface area contributed by atoms with Crippen molar-refractivity contribution in [2.24, 2.45) is 20.5 Å². The molecule has 0 aliphatic carbocycles. The number of phenols is 1. The monoisotopic (exact) mass is 1140 g/mol. The van der Waals surface area contributed by atoms with Crippen molar-refractivity contribution in [3.05, 3.63) is 166 Å². The summed E-state index contributed by atoms with van der Waals surface area (Å²) in [4.78, 5) is 25.4. The molecule has 392 valence electrons. The summed E-state index contributed by atoms with van der Waals surface area (Å²) >= 11 is 12.5. The molecule has 18 nitrogen and oxygen atoms in total. The van der Waals surface area contributed by atoms with Crippen LogP contribution in [0, 0.1) is 0 Å². The van der Waals surface area contributed by atoms with Crippen LogP contribution in [-0.4, -0.2) is 93.8 Å². The van der Waals surface area contributed by atoms with Crippen molar-refractivity contribution < 1.29 is 55.2 Å².